The van der Waals surface area contributed by atoms with Crippen molar-refractivity contribution >= 4 is 0 Å². The molecule has 1 aliphatic rings. The van der Waals surface area contributed by atoms with Crippen molar-refractivity contribution in [2.75, 3.05) is 0 Å². The van der Waals surface area contributed by atoms with Crippen molar-refractivity contribution < 1.29 is 5.11 Å². The van der Waals surface area contributed by atoms with Crippen LogP contribution >= 0.6 is 0 Å². The lowest BCUT2D eigenvalue weighted by atomic mass is 9.84. The summed E-state index contributed by atoms with van der Waals surface area (Å²) in [5.74, 6) is 1.14. The van der Waals surface area contributed by atoms with E-state index in [2.05, 4.69) is 48.7 Å². The highest BCUT2D eigenvalue weighted by molar-refractivity contribution is 5.67. The molecule has 1 unspecified atom stereocenters. The molecule has 0 bridgehead atoms. The maximum atomic E-state index is 9.79. The fourth-order valence-electron chi connectivity index (χ4n) is 4.88. The van der Waals surface area contributed by atoms with E-state index < -0.39 is 0 Å². The van der Waals surface area contributed by atoms with Crippen molar-refractivity contribution in [1.82, 2.24) is 4.57 Å². The lowest BCUT2D eigenvalue weighted by Gasteiger charge is -2.24. The second-order valence-electron chi connectivity index (χ2n) is 8.90. The summed E-state index contributed by atoms with van der Waals surface area (Å²) >= 11 is 0. The molecule has 0 amide bonds. The van der Waals surface area contributed by atoms with Gasteiger partial charge in [-0.3, -0.25) is 0 Å². The molecule has 0 saturated heterocycles. The number of nitrogens with zero attached hydrogens (tertiary/aromatic N) is 1. The smallest absolute Gasteiger partial charge is 0.115 e. The predicted octanol–water partition coefficient (Wildman–Crippen LogP) is 7.49. The third-order valence-electron chi connectivity index (χ3n) is 6.63. The Bertz CT molecular complexity index is 950. The van der Waals surface area contributed by atoms with Crippen LogP contribution in [0.15, 0.2) is 54.6 Å². The first kappa shape index (κ1) is 20.8. The zero-order valence-corrected chi connectivity index (χ0v) is 18.5. The van der Waals surface area contributed by atoms with Gasteiger partial charge in [-0.25, -0.2) is 0 Å². The maximum absolute atomic E-state index is 9.79. The summed E-state index contributed by atoms with van der Waals surface area (Å²) in [5, 5.41) is 9.79. The summed E-state index contributed by atoms with van der Waals surface area (Å²) in [4.78, 5) is 0. The third kappa shape index (κ3) is 4.48. The van der Waals surface area contributed by atoms with E-state index in [1.807, 2.05) is 12.1 Å². The lowest BCUT2D eigenvalue weighted by molar-refractivity contribution is 0.409. The van der Waals surface area contributed by atoms with Gasteiger partial charge >= 0.3 is 0 Å². The van der Waals surface area contributed by atoms with E-state index in [-0.39, 0.29) is 0 Å². The van der Waals surface area contributed by atoms with Crippen LogP contribution in [0.1, 0.15) is 69.2 Å². The Morgan fingerprint density at radius 2 is 1.67 bits per heavy atom. The largest absolute Gasteiger partial charge is 0.508 e. The predicted molar refractivity (Wildman–Crippen MR) is 127 cm³/mol. The molecular formula is C28H35NO. The summed E-state index contributed by atoms with van der Waals surface area (Å²) in [5.41, 5.74) is 8.10. The molecule has 0 spiro atoms. The zero-order chi connectivity index (χ0) is 20.9. The number of phenolic OH excluding ortho intramolecular Hbond substituents is 1. The number of aromatic hydroxyl groups is 1. The van der Waals surface area contributed by atoms with E-state index in [9.17, 15) is 5.11 Å². The standard InChI is InChI=1S/C28H35NO/c1-3-5-7-21-9-12-23(13-10-21)28-20-24-19-22(8-6-4-2)11-18-27(24)29(28)25-14-16-26(30)17-15-25/h9-10,12-17,20,22,30H,3-8,11,18-19H2,1-2H3. The molecule has 0 fully saturated rings. The number of aromatic nitrogens is 1. The topological polar surface area (TPSA) is 25.2 Å². The Hall–Kier alpha value is -2.48. The van der Waals surface area contributed by atoms with Crippen molar-refractivity contribution in [3.8, 4) is 22.7 Å². The molecule has 158 valence electrons. The average molecular weight is 402 g/mol. The molecule has 0 radical (unpaired) electrons. The molecule has 1 heterocycles. The van der Waals surface area contributed by atoms with Crippen LogP contribution in [0.5, 0.6) is 5.75 Å². The molecule has 1 atom stereocenters. The Morgan fingerprint density at radius 1 is 0.933 bits per heavy atom. The van der Waals surface area contributed by atoms with E-state index >= 15 is 0 Å². The van der Waals surface area contributed by atoms with Crippen LogP contribution < -0.4 is 0 Å². The minimum Gasteiger partial charge on any atom is -0.508 e. The fraction of sp³-hybridized carbons (Fsp3) is 0.429. The fourth-order valence-corrected chi connectivity index (χ4v) is 4.88. The summed E-state index contributed by atoms with van der Waals surface area (Å²) in [7, 11) is 0. The zero-order valence-electron chi connectivity index (χ0n) is 18.5. The summed E-state index contributed by atoms with van der Waals surface area (Å²) < 4.78 is 2.44. The number of rotatable bonds is 8. The second-order valence-corrected chi connectivity index (χ2v) is 8.90. The van der Waals surface area contributed by atoms with Gasteiger partial charge in [0.15, 0.2) is 0 Å². The first-order chi connectivity index (χ1) is 14.7. The first-order valence-corrected chi connectivity index (χ1v) is 11.8. The summed E-state index contributed by atoms with van der Waals surface area (Å²) in [6.45, 7) is 4.54. The van der Waals surface area contributed by atoms with Crippen LogP contribution in [0.25, 0.3) is 16.9 Å². The number of fused-ring (bicyclic) bond motifs is 1. The number of hydrogen-bond donors (Lipinski definition) is 1. The lowest BCUT2D eigenvalue weighted by Crippen LogP contribution is -2.15. The molecule has 2 nitrogen and oxygen atoms in total. The summed E-state index contributed by atoms with van der Waals surface area (Å²) in [6, 6.07) is 19.3. The van der Waals surface area contributed by atoms with Crippen molar-refractivity contribution in [1.29, 1.82) is 0 Å². The SMILES string of the molecule is CCCCc1ccc(-c2cc3c(n2-c2ccc(O)cc2)CCC(CCCC)C3)cc1. The molecule has 30 heavy (non-hydrogen) atoms. The van der Waals surface area contributed by atoms with Crippen molar-refractivity contribution in [2.45, 2.75) is 71.6 Å². The molecule has 0 saturated carbocycles. The molecule has 1 aliphatic carbocycles. The second kappa shape index (κ2) is 9.55. The van der Waals surface area contributed by atoms with E-state index in [0.717, 1.165) is 24.4 Å². The van der Waals surface area contributed by atoms with Gasteiger partial charge in [0.2, 0.25) is 0 Å². The Labute approximate surface area is 181 Å². The van der Waals surface area contributed by atoms with Crippen LogP contribution in [0.3, 0.4) is 0 Å². The van der Waals surface area contributed by atoms with Gasteiger partial charge in [-0.1, -0.05) is 63.8 Å². The molecule has 1 N–H and O–H groups in total. The maximum Gasteiger partial charge on any atom is 0.115 e. The molecular weight excluding hydrogens is 366 g/mol. The Kier molecular flexibility index (Phi) is 6.62. The molecule has 1 aromatic heterocycles. The van der Waals surface area contributed by atoms with Gasteiger partial charge in [0, 0.05) is 11.4 Å². The quantitative estimate of drug-likeness (QED) is 0.415. The van der Waals surface area contributed by atoms with Gasteiger partial charge in [-0.05, 0) is 85.0 Å². The highest BCUT2D eigenvalue weighted by Gasteiger charge is 2.25. The Morgan fingerprint density at radius 3 is 2.37 bits per heavy atom. The van der Waals surface area contributed by atoms with Crippen molar-refractivity contribution in [3.63, 3.8) is 0 Å². The third-order valence-corrected chi connectivity index (χ3v) is 6.63. The number of phenols is 1. The molecule has 2 aromatic carbocycles. The van der Waals surface area contributed by atoms with E-state index in [1.165, 1.54) is 73.0 Å². The van der Waals surface area contributed by atoms with Crippen molar-refractivity contribution in [2.24, 2.45) is 5.92 Å². The Balaban J connectivity index is 1.72. The van der Waals surface area contributed by atoms with Gasteiger partial charge in [-0.2, -0.15) is 0 Å². The minimum atomic E-state index is 0.321. The number of aryl methyl sites for hydroxylation is 1. The van der Waals surface area contributed by atoms with Crippen LogP contribution in [-0.4, -0.2) is 9.67 Å². The van der Waals surface area contributed by atoms with E-state index in [0.29, 0.717) is 5.75 Å². The number of hydrogen-bond acceptors (Lipinski definition) is 1. The molecule has 3 aromatic rings. The van der Waals surface area contributed by atoms with Crippen LogP contribution in [0.2, 0.25) is 0 Å². The summed E-state index contributed by atoms with van der Waals surface area (Å²) in [6.07, 6.45) is 11.2. The highest BCUT2D eigenvalue weighted by atomic mass is 16.3. The molecule has 2 heteroatoms. The van der Waals surface area contributed by atoms with Crippen LogP contribution in [-0.2, 0) is 19.3 Å². The number of unbranched alkanes of at least 4 members (excludes halogenated alkanes) is 2. The minimum absolute atomic E-state index is 0.321. The molecule has 0 aliphatic heterocycles. The van der Waals surface area contributed by atoms with E-state index in [1.54, 1.807) is 12.1 Å². The van der Waals surface area contributed by atoms with E-state index in [4.69, 9.17) is 0 Å². The van der Waals surface area contributed by atoms with Gasteiger partial charge in [0.25, 0.3) is 0 Å². The first-order valence-electron chi connectivity index (χ1n) is 11.8. The van der Waals surface area contributed by atoms with Gasteiger partial charge in [0.1, 0.15) is 5.75 Å². The molecule has 4 rings (SSSR count). The van der Waals surface area contributed by atoms with Gasteiger partial charge < -0.3 is 9.67 Å². The van der Waals surface area contributed by atoms with Crippen LogP contribution in [0, 0.1) is 5.92 Å². The average Bonchev–Trinajstić information content (AvgIpc) is 3.16. The normalized spacial score (nSPS) is 15.9. The van der Waals surface area contributed by atoms with Crippen LogP contribution in [0.4, 0.5) is 0 Å². The highest BCUT2D eigenvalue weighted by Crippen LogP contribution is 2.37. The van der Waals surface area contributed by atoms with Gasteiger partial charge in [0.05, 0.1) is 5.69 Å². The van der Waals surface area contributed by atoms with Gasteiger partial charge in [-0.15, -0.1) is 0 Å². The number of benzene rings is 2. The monoisotopic (exact) mass is 401 g/mol. The van der Waals surface area contributed by atoms with Crippen molar-refractivity contribution in [3.05, 3.63) is 71.4 Å².